The van der Waals surface area contributed by atoms with Gasteiger partial charge in [-0.15, -0.1) is 0 Å². The molecule has 32 heavy (non-hydrogen) atoms. The smallest absolute Gasteiger partial charge is 0.168 e. The van der Waals surface area contributed by atoms with E-state index in [9.17, 15) is 9.90 Å². The number of aryl methyl sites for hydroxylation is 2. The monoisotopic (exact) mass is 427 g/mol. The lowest BCUT2D eigenvalue weighted by Gasteiger charge is -2.22. The summed E-state index contributed by atoms with van der Waals surface area (Å²) in [6, 6.07) is 19.8. The highest BCUT2D eigenvalue weighted by Gasteiger charge is 2.20. The van der Waals surface area contributed by atoms with Crippen LogP contribution >= 0.6 is 0 Å². The summed E-state index contributed by atoms with van der Waals surface area (Å²) in [6.07, 6.45) is 1.17. The zero-order valence-corrected chi connectivity index (χ0v) is 19.1. The number of carbonyl (C=O) groups is 1. The van der Waals surface area contributed by atoms with E-state index in [-0.39, 0.29) is 24.2 Å². The Balaban J connectivity index is 1.68. The largest absolute Gasteiger partial charge is 0.395 e. The van der Waals surface area contributed by atoms with Crippen LogP contribution in [0.4, 0.5) is 0 Å². The van der Waals surface area contributed by atoms with E-state index in [1.807, 2.05) is 61.7 Å². The molecule has 0 atom stereocenters. The molecule has 5 heteroatoms. The van der Waals surface area contributed by atoms with E-state index >= 15 is 0 Å². The number of hydrogen-bond donors (Lipinski definition) is 1. The molecular formula is C27H29N3O2. The summed E-state index contributed by atoms with van der Waals surface area (Å²) in [6.45, 7) is 8.09. The summed E-state index contributed by atoms with van der Waals surface area (Å²) in [5.41, 5.74) is 6.90. The van der Waals surface area contributed by atoms with Crippen LogP contribution in [0.15, 0.2) is 60.7 Å². The van der Waals surface area contributed by atoms with Crippen LogP contribution < -0.4 is 0 Å². The molecule has 0 saturated heterocycles. The standard InChI is InChI=1S/C27H29N3O2/c1-5-19-7-6-8-21(14-19)24-15-23(28-26-13-18(2)29-30(24)26)16-25(32)20-9-11-22(12-10-20)27(3,4)17-31/h6-15,31H,5,16-17H2,1-4H3. The van der Waals surface area contributed by atoms with Gasteiger partial charge in [0.15, 0.2) is 11.4 Å². The predicted molar refractivity (Wildman–Crippen MR) is 127 cm³/mol. The minimum absolute atomic E-state index is 0.0136. The maximum absolute atomic E-state index is 13.0. The number of benzene rings is 2. The number of aliphatic hydroxyl groups is 1. The van der Waals surface area contributed by atoms with E-state index in [0.717, 1.165) is 40.3 Å². The van der Waals surface area contributed by atoms with E-state index < -0.39 is 0 Å². The van der Waals surface area contributed by atoms with Gasteiger partial charge in [-0.2, -0.15) is 5.10 Å². The van der Waals surface area contributed by atoms with Gasteiger partial charge >= 0.3 is 0 Å². The lowest BCUT2D eigenvalue weighted by atomic mass is 9.85. The van der Waals surface area contributed by atoms with Crippen molar-refractivity contribution < 1.29 is 9.90 Å². The van der Waals surface area contributed by atoms with Crippen molar-refractivity contribution in [2.75, 3.05) is 6.61 Å². The number of aliphatic hydroxyl groups excluding tert-OH is 1. The van der Waals surface area contributed by atoms with Gasteiger partial charge in [0.1, 0.15) is 0 Å². The van der Waals surface area contributed by atoms with Gasteiger partial charge in [-0.3, -0.25) is 4.79 Å². The molecule has 2 aromatic carbocycles. The van der Waals surface area contributed by atoms with Gasteiger partial charge in [-0.1, -0.05) is 63.2 Å². The highest BCUT2D eigenvalue weighted by atomic mass is 16.3. The SMILES string of the molecule is CCc1cccc(-c2cc(CC(=O)c3ccc(C(C)(C)CO)cc3)nc3cc(C)nn23)c1. The van der Waals surface area contributed by atoms with Gasteiger partial charge in [0.25, 0.3) is 0 Å². The number of fused-ring (bicyclic) bond motifs is 1. The van der Waals surface area contributed by atoms with Crippen LogP contribution in [-0.4, -0.2) is 32.1 Å². The summed E-state index contributed by atoms with van der Waals surface area (Å²) in [5, 5.41) is 14.2. The van der Waals surface area contributed by atoms with Gasteiger partial charge in [0, 0.05) is 22.6 Å². The normalized spacial score (nSPS) is 11.8. The quantitative estimate of drug-likeness (QED) is 0.423. The maximum Gasteiger partial charge on any atom is 0.168 e. The molecule has 4 aromatic rings. The van der Waals surface area contributed by atoms with Crippen LogP contribution in [0.5, 0.6) is 0 Å². The second-order valence-electron chi connectivity index (χ2n) is 8.96. The fourth-order valence-corrected chi connectivity index (χ4v) is 3.85. The second kappa shape index (κ2) is 8.67. The molecule has 0 amide bonds. The Hall–Kier alpha value is -3.31. The van der Waals surface area contributed by atoms with Crippen molar-refractivity contribution >= 4 is 11.4 Å². The van der Waals surface area contributed by atoms with Crippen LogP contribution in [0.3, 0.4) is 0 Å². The summed E-state index contributed by atoms with van der Waals surface area (Å²) < 4.78 is 1.85. The van der Waals surface area contributed by atoms with Gasteiger partial charge in [0.05, 0.1) is 30.1 Å². The predicted octanol–water partition coefficient (Wildman–Crippen LogP) is 4.96. The first-order valence-electron chi connectivity index (χ1n) is 11.0. The number of ketones is 1. The Kier molecular flexibility index (Phi) is 5.94. The molecule has 0 aliphatic heterocycles. The molecule has 2 heterocycles. The van der Waals surface area contributed by atoms with Crippen molar-refractivity contribution in [1.82, 2.24) is 14.6 Å². The van der Waals surface area contributed by atoms with E-state index in [1.165, 1.54) is 5.56 Å². The van der Waals surface area contributed by atoms with Gasteiger partial charge < -0.3 is 5.11 Å². The van der Waals surface area contributed by atoms with Crippen molar-refractivity contribution in [2.45, 2.75) is 46.0 Å². The Bertz CT molecular complexity index is 1270. The number of rotatable bonds is 7. The molecule has 0 bridgehead atoms. The summed E-state index contributed by atoms with van der Waals surface area (Å²) >= 11 is 0. The number of carbonyl (C=O) groups excluding carboxylic acids is 1. The van der Waals surface area contributed by atoms with Gasteiger partial charge in [-0.25, -0.2) is 9.50 Å². The first-order valence-corrected chi connectivity index (χ1v) is 11.0. The summed E-state index contributed by atoms with van der Waals surface area (Å²) in [4.78, 5) is 17.7. The molecule has 0 fully saturated rings. The van der Waals surface area contributed by atoms with Crippen LogP contribution in [0.2, 0.25) is 0 Å². The molecule has 4 rings (SSSR count). The third-order valence-electron chi connectivity index (χ3n) is 5.96. The number of hydrogen-bond acceptors (Lipinski definition) is 4. The molecule has 0 unspecified atom stereocenters. The minimum atomic E-state index is -0.337. The number of aromatic nitrogens is 3. The zero-order chi connectivity index (χ0) is 22.9. The molecule has 164 valence electrons. The van der Waals surface area contributed by atoms with Gasteiger partial charge in [0.2, 0.25) is 0 Å². The minimum Gasteiger partial charge on any atom is -0.395 e. The van der Waals surface area contributed by atoms with E-state index in [1.54, 1.807) is 0 Å². The van der Waals surface area contributed by atoms with Crippen LogP contribution in [0, 0.1) is 6.92 Å². The average Bonchev–Trinajstić information content (AvgIpc) is 3.18. The van der Waals surface area contributed by atoms with E-state index in [0.29, 0.717) is 5.56 Å². The van der Waals surface area contributed by atoms with Crippen LogP contribution in [0.1, 0.15) is 53.6 Å². The molecule has 0 saturated carbocycles. The highest BCUT2D eigenvalue weighted by Crippen LogP contribution is 2.25. The molecule has 0 aliphatic carbocycles. The Morgan fingerprint density at radius 1 is 1.06 bits per heavy atom. The molecule has 1 N–H and O–H groups in total. The lowest BCUT2D eigenvalue weighted by molar-refractivity contribution is 0.0992. The third-order valence-corrected chi connectivity index (χ3v) is 5.96. The molecule has 0 aliphatic rings. The average molecular weight is 428 g/mol. The molecule has 5 nitrogen and oxygen atoms in total. The maximum atomic E-state index is 13.0. The summed E-state index contributed by atoms with van der Waals surface area (Å²) in [5.74, 6) is 0.0136. The van der Waals surface area contributed by atoms with Gasteiger partial charge in [-0.05, 0) is 36.6 Å². The van der Waals surface area contributed by atoms with Crippen LogP contribution in [-0.2, 0) is 18.3 Å². The topological polar surface area (TPSA) is 67.5 Å². The van der Waals surface area contributed by atoms with Crippen molar-refractivity contribution in [3.63, 3.8) is 0 Å². The second-order valence-corrected chi connectivity index (χ2v) is 8.96. The van der Waals surface area contributed by atoms with Crippen LogP contribution in [0.25, 0.3) is 16.9 Å². The Morgan fingerprint density at radius 2 is 1.81 bits per heavy atom. The highest BCUT2D eigenvalue weighted by molar-refractivity contribution is 5.97. The zero-order valence-electron chi connectivity index (χ0n) is 19.1. The van der Waals surface area contributed by atoms with E-state index in [2.05, 4.69) is 36.3 Å². The molecular weight excluding hydrogens is 398 g/mol. The fraction of sp³-hybridized carbons (Fsp3) is 0.296. The van der Waals surface area contributed by atoms with E-state index in [4.69, 9.17) is 4.98 Å². The van der Waals surface area contributed by atoms with Crippen molar-refractivity contribution in [3.05, 3.63) is 88.7 Å². The molecule has 2 aromatic heterocycles. The van der Waals surface area contributed by atoms with Crippen molar-refractivity contribution in [3.8, 4) is 11.3 Å². The molecule has 0 spiro atoms. The number of Topliss-reactive ketones (excluding diaryl/α,β-unsaturated/α-hetero) is 1. The first-order chi connectivity index (χ1) is 15.3. The lowest BCUT2D eigenvalue weighted by Crippen LogP contribution is -2.22. The fourth-order valence-electron chi connectivity index (χ4n) is 3.85. The first kappa shape index (κ1) is 21.9. The number of nitrogens with zero attached hydrogens (tertiary/aromatic N) is 3. The Labute approximate surface area is 188 Å². The molecule has 0 radical (unpaired) electrons. The summed E-state index contributed by atoms with van der Waals surface area (Å²) in [7, 11) is 0. The third kappa shape index (κ3) is 4.34. The Morgan fingerprint density at radius 3 is 2.50 bits per heavy atom. The van der Waals surface area contributed by atoms with Crippen molar-refractivity contribution in [2.24, 2.45) is 0 Å². The van der Waals surface area contributed by atoms with Crippen molar-refractivity contribution in [1.29, 1.82) is 0 Å².